The van der Waals surface area contributed by atoms with Crippen molar-refractivity contribution in [1.29, 1.82) is 0 Å². The van der Waals surface area contributed by atoms with E-state index in [0.29, 0.717) is 10.6 Å². The van der Waals surface area contributed by atoms with Gasteiger partial charge in [-0.1, -0.05) is 55.8 Å². The molecule has 4 rings (SSSR count). The van der Waals surface area contributed by atoms with Crippen LogP contribution in [0.4, 0.5) is 0 Å². The van der Waals surface area contributed by atoms with Gasteiger partial charge in [-0.3, -0.25) is 9.59 Å². The van der Waals surface area contributed by atoms with Crippen LogP contribution in [0.25, 0.3) is 0 Å². The van der Waals surface area contributed by atoms with Crippen molar-refractivity contribution in [3.63, 3.8) is 0 Å². The Morgan fingerprint density at radius 1 is 1.06 bits per heavy atom. The molecule has 2 heterocycles. The number of rotatable bonds is 4. The Bertz CT molecular complexity index is 944. The van der Waals surface area contributed by atoms with E-state index in [9.17, 15) is 9.59 Å². The summed E-state index contributed by atoms with van der Waals surface area (Å²) in [6.45, 7) is 6.88. The molecule has 0 saturated carbocycles. The van der Waals surface area contributed by atoms with Crippen molar-refractivity contribution in [2.45, 2.75) is 64.1 Å². The standard InChI is InChI=1S/C26H31ClN2O2/c1-18(2)24(30)28-15-7-10-22-23(28)17-26(3,16-19-8-5-4-6-9-19)29(22)25(31)20-11-13-21(27)14-12-20/h4-6,8-9,11-14,18,22-23H,7,10,15-17H2,1-3H3/t22-,23-,26+/m0/s1. The van der Waals surface area contributed by atoms with Crippen LogP contribution in [0.3, 0.4) is 0 Å². The normalized spacial score (nSPS) is 25.6. The molecule has 0 aromatic heterocycles. The molecule has 2 saturated heterocycles. The molecule has 2 amide bonds. The number of likely N-dealkylation sites (tertiary alicyclic amines) is 2. The number of amides is 2. The Morgan fingerprint density at radius 2 is 1.74 bits per heavy atom. The van der Waals surface area contributed by atoms with Gasteiger partial charge >= 0.3 is 0 Å². The lowest BCUT2D eigenvalue weighted by atomic mass is 9.87. The number of fused-ring (bicyclic) bond motifs is 1. The molecule has 0 unspecified atom stereocenters. The maximum atomic E-state index is 13.8. The third kappa shape index (κ3) is 4.23. The zero-order valence-corrected chi connectivity index (χ0v) is 19.3. The van der Waals surface area contributed by atoms with Crippen LogP contribution in [0.15, 0.2) is 54.6 Å². The van der Waals surface area contributed by atoms with Crippen LogP contribution in [0.2, 0.25) is 5.02 Å². The van der Waals surface area contributed by atoms with E-state index in [1.54, 1.807) is 24.3 Å². The Hall–Kier alpha value is -2.33. The van der Waals surface area contributed by atoms with E-state index in [2.05, 4.69) is 28.9 Å². The van der Waals surface area contributed by atoms with Crippen LogP contribution in [0.1, 0.15) is 56.0 Å². The third-order valence-corrected chi connectivity index (χ3v) is 7.07. The molecule has 2 aromatic rings. The lowest BCUT2D eigenvalue weighted by Gasteiger charge is -2.42. The number of hydrogen-bond donors (Lipinski definition) is 0. The largest absolute Gasteiger partial charge is 0.337 e. The van der Waals surface area contributed by atoms with Gasteiger partial charge in [-0.05, 0) is 62.4 Å². The number of halogens is 1. The van der Waals surface area contributed by atoms with Gasteiger partial charge in [-0.15, -0.1) is 0 Å². The van der Waals surface area contributed by atoms with Gasteiger partial charge in [0, 0.05) is 28.6 Å². The van der Waals surface area contributed by atoms with Gasteiger partial charge in [0.15, 0.2) is 0 Å². The van der Waals surface area contributed by atoms with Crippen LogP contribution < -0.4 is 0 Å². The summed E-state index contributed by atoms with van der Waals surface area (Å²) in [7, 11) is 0. The van der Waals surface area contributed by atoms with Gasteiger partial charge < -0.3 is 9.80 Å². The number of nitrogens with zero attached hydrogens (tertiary/aromatic N) is 2. The van der Waals surface area contributed by atoms with Crippen molar-refractivity contribution in [2.75, 3.05) is 6.54 Å². The highest BCUT2D eigenvalue weighted by Gasteiger charge is 2.54. The first-order valence-electron chi connectivity index (χ1n) is 11.2. The van der Waals surface area contributed by atoms with Gasteiger partial charge in [-0.25, -0.2) is 0 Å². The van der Waals surface area contributed by atoms with Crippen molar-refractivity contribution >= 4 is 23.4 Å². The van der Waals surface area contributed by atoms with Gasteiger partial charge in [0.1, 0.15) is 0 Å². The maximum absolute atomic E-state index is 13.8. The van der Waals surface area contributed by atoms with E-state index >= 15 is 0 Å². The quantitative estimate of drug-likeness (QED) is 0.658. The van der Waals surface area contributed by atoms with Crippen molar-refractivity contribution in [2.24, 2.45) is 5.92 Å². The van der Waals surface area contributed by atoms with Gasteiger partial charge in [-0.2, -0.15) is 0 Å². The summed E-state index contributed by atoms with van der Waals surface area (Å²) < 4.78 is 0. The van der Waals surface area contributed by atoms with E-state index in [0.717, 1.165) is 32.2 Å². The number of hydrogen-bond acceptors (Lipinski definition) is 2. The van der Waals surface area contributed by atoms with Crippen LogP contribution in [0.5, 0.6) is 0 Å². The molecule has 164 valence electrons. The second kappa shape index (κ2) is 8.66. The maximum Gasteiger partial charge on any atom is 0.254 e. The molecule has 2 aliphatic heterocycles. The van der Waals surface area contributed by atoms with E-state index in [1.165, 1.54) is 5.56 Å². The molecule has 4 nitrogen and oxygen atoms in total. The average Bonchev–Trinajstić information content (AvgIpc) is 3.05. The number of piperidine rings is 1. The third-order valence-electron chi connectivity index (χ3n) is 6.82. The Kier molecular flexibility index (Phi) is 6.11. The first kappa shape index (κ1) is 21.9. The molecule has 0 spiro atoms. The molecule has 2 aromatic carbocycles. The van der Waals surface area contributed by atoms with E-state index in [1.807, 2.05) is 32.0 Å². The molecule has 31 heavy (non-hydrogen) atoms. The first-order chi connectivity index (χ1) is 14.8. The lowest BCUT2D eigenvalue weighted by Crippen LogP contribution is -2.55. The van der Waals surface area contributed by atoms with Crippen molar-refractivity contribution < 1.29 is 9.59 Å². The average molecular weight is 439 g/mol. The molecule has 2 aliphatic rings. The fourth-order valence-corrected chi connectivity index (χ4v) is 5.58. The molecule has 0 bridgehead atoms. The summed E-state index contributed by atoms with van der Waals surface area (Å²) in [4.78, 5) is 31.0. The summed E-state index contributed by atoms with van der Waals surface area (Å²) in [5, 5.41) is 0.620. The van der Waals surface area contributed by atoms with Crippen LogP contribution in [0, 0.1) is 5.92 Å². The van der Waals surface area contributed by atoms with Crippen LogP contribution in [-0.2, 0) is 11.2 Å². The second-order valence-electron chi connectivity index (χ2n) is 9.51. The Labute approximate surface area is 190 Å². The molecule has 5 heteroatoms. The fourth-order valence-electron chi connectivity index (χ4n) is 5.46. The smallest absolute Gasteiger partial charge is 0.254 e. The van der Waals surface area contributed by atoms with Crippen LogP contribution >= 0.6 is 11.6 Å². The summed E-state index contributed by atoms with van der Waals surface area (Å²) in [6.07, 6.45) is 3.41. The van der Waals surface area contributed by atoms with Gasteiger partial charge in [0.2, 0.25) is 5.91 Å². The second-order valence-corrected chi connectivity index (χ2v) is 9.95. The number of benzene rings is 2. The Balaban J connectivity index is 1.73. The molecular formula is C26H31ClN2O2. The molecule has 2 fully saturated rings. The summed E-state index contributed by atoms with van der Waals surface area (Å²) in [6, 6.07) is 17.6. The predicted octanol–water partition coefficient (Wildman–Crippen LogP) is 5.20. The van der Waals surface area contributed by atoms with Crippen molar-refractivity contribution in [3.05, 3.63) is 70.7 Å². The fraction of sp³-hybridized carbons (Fsp3) is 0.462. The molecule has 0 aliphatic carbocycles. The van der Waals surface area contributed by atoms with Gasteiger partial charge in [0.25, 0.3) is 5.91 Å². The van der Waals surface area contributed by atoms with Crippen molar-refractivity contribution in [1.82, 2.24) is 9.80 Å². The summed E-state index contributed by atoms with van der Waals surface area (Å²) in [5.41, 5.74) is 1.49. The molecule has 0 radical (unpaired) electrons. The Morgan fingerprint density at radius 3 is 2.39 bits per heavy atom. The minimum Gasteiger partial charge on any atom is -0.337 e. The zero-order chi connectivity index (χ0) is 22.2. The molecular weight excluding hydrogens is 408 g/mol. The molecule has 3 atom stereocenters. The highest BCUT2D eigenvalue weighted by Crippen LogP contribution is 2.44. The van der Waals surface area contributed by atoms with E-state index < -0.39 is 0 Å². The summed E-state index contributed by atoms with van der Waals surface area (Å²) in [5.74, 6) is 0.180. The highest BCUT2D eigenvalue weighted by atomic mass is 35.5. The predicted molar refractivity (Wildman–Crippen MR) is 124 cm³/mol. The minimum atomic E-state index is -0.368. The number of carbonyl (C=O) groups excluding carboxylic acids is 2. The topological polar surface area (TPSA) is 40.6 Å². The SMILES string of the molecule is CC(C)C(=O)N1CCC[C@H]2[C@@H]1C[C@@](C)(Cc1ccccc1)N2C(=O)c1ccc(Cl)cc1. The molecule has 0 N–H and O–H groups in total. The van der Waals surface area contributed by atoms with E-state index in [4.69, 9.17) is 11.6 Å². The van der Waals surface area contributed by atoms with E-state index in [-0.39, 0.29) is 35.4 Å². The minimum absolute atomic E-state index is 0.0291. The van der Waals surface area contributed by atoms with Gasteiger partial charge in [0.05, 0.1) is 12.1 Å². The summed E-state index contributed by atoms with van der Waals surface area (Å²) >= 11 is 6.06. The highest BCUT2D eigenvalue weighted by molar-refractivity contribution is 6.30. The van der Waals surface area contributed by atoms with Crippen LogP contribution in [-0.4, -0.2) is 45.8 Å². The number of carbonyl (C=O) groups is 2. The monoisotopic (exact) mass is 438 g/mol. The zero-order valence-electron chi connectivity index (χ0n) is 18.6. The lowest BCUT2D eigenvalue weighted by molar-refractivity contribution is -0.138. The first-order valence-corrected chi connectivity index (χ1v) is 11.6. The van der Waals surface area contributed by atoms with Crippen molar-refractivity contribution in [3.8, 4) is 0 Å².